The quantitative estimate of drug-likeness (QED) is 0.589. The molecule has 2 heterocycles. The van der Waals surface area contributed by atoms with E-state index in [1.807, 2.05) is 35.7 Å². The van der Waals surface area contributed by atoms with Crippen LogP contribution in [0, 0.1) is 0 Å². The Morgan fingerprint density at radius 2 is 2.04 bits per heavy atom. The van der Waals surface area contributed by atoms with Crippen LogP contribution in [0.25, 0.3) is 11.3 Å². The number of rotatable bonds is 8. The number of amides is 1. The average Bonchev–Trinajstić information content (AvgIpc) is 3.28. The fourth-order valence-corrected chi connectivity index (χ4v) is 4.01. The first-order valence-electron chi connectivity index (χ1n) is 8.57. The minimum absolute atomic E-state index is 0.0898. The molecule has 3 aromatic rings. The highest BCUT2D eigenvalue weighted by Gasteiger charge is 2.13. The number of thiazole rings is 1. The van der Waals surface area contributed by atoms with Crippen molar-refractivity contribution in [3.05, 3.63) is 41.5 Å². The fraction of sp³-hybridized carbons (Fsp3) is 0.333. The van der Waals surface area contributed by atoms with Crippen LogP contribution in [0.4, 0.5) is 5.13 Å². The first-order valence-corrected chi connectivity index (χ1v) is 10.4. The Bertz CT molecular complexity index is 860. The Hall–Kier alpha value is -2.19. The van der Waals surface area contributed by atoms with E-state index in [2.05, 4.69) is 38.9 Å². The maximum absolute atomic E-state index is 12.3. The molecule has 0 bridgehead atoms. The molecule has 0 atom stereocenters. The lowest BCUT2D eigenvalue weighted by molar-refractivity contribution is -0.113. The third-order valence-electron chi connectivity index (χ3n) is 3.71. The van der Waals surface area contributed by atoms with Gasteiger partial charge in [-0.2, -0.15) is 0 Å². The number of nitrogens with one attached hydrogen (secondary N) is 1. The number of hydrogen-bond acceptors (Lipinski definition) is 6. The summed E-state index contributed by atoms with van der Waals surface area (Å²) in [7, 11) is 0. The third-order valence-corrected chi connectivity index (χ3v) is 5.43. The van der Waals surface area contributed by atoms with Crippen molar-refractivity contribution < 1.29 is 4.79 Å². The molecule has 0 fully saturated rings. The van der Waals surface area contributed by atoms with E-state index in [-0.39, 0.29) is 11.7 Å². The Balaban J connectivity index is 1.58. The summed E-state index contributed by atoms with van der Waals surface area (Å²) in [6.45, 7) is 5.05. The molecule has 0 aliphatic carbocycles. The second kappa shape index (κ2) is 8.95. The number of carbonyl (C=O) groups excluding carboxylic acids is 1. The first-order chi connectivity index (χ1) is 12.7. The summed E-state index contributed by atoms with van der Waals surface area (Å²) in [6.07, 6.45) is 1.84. The molecule has 136 valence electrons. The van der Waals surface area contributed by atoms with Crippen LogP contribution in [0.1, 0.15) is 26.1 Å². The molecule has 3 rings (SSSR count). The second-order valence-electron chi connectivity index (χ2n) is 5.64. The summed E-state index contributed by atoms with van der Waals surface area (Å²) in [4.78, 5) is 16.7. The van der Waals surface area contributed by atoms with Gasteiger partial charge in [0.2, 0.25) is 5.91 Å². The highest BCUT2D eigenvalue weighted by molar-refractivity contribution is 7.99. The lowest BCUT2D eigenvalue weighted by atomic mass is 10.2. The lowest BCUT2D eigenvalue weighted by Gasteiger charge is -2.07. The monoisotopic (exact) mass is 387 g/mol. The minimum atomic E-state index is -0.0898. The van der Waals surface area contributed by atoms with E-state index in [1.165, 1.54) is 23.1 Å². The van der Waals surface area contributed by atoms with Crippen molar-refractivity contribution in [2.24, 2.45) is 0 Å². The number of nitrogens with zero attached hydrogens (tertiary/aromatic N) is 4. The van der Waals surface area contributed by atoms with Crippen LogP contribution in [0.3, 0.4) is 0 Å². The number of carbonyl (C=O) groups is 1. The Kier molecular flexibility index (Phi) is 6.40. The average molecular weight is 388 g/mol. The first kappa shape index (κ1) is 18.6. The van der Waals surface area contributed by atoms with Gasteiger partial charge in [-0.3, -0.25) is 4.79 Å². The van der Waals surface area contributed by atoms with Crippen LogP contribution >= 0.6 is 23.1 Å². The van der Waals surface area contributed by atoms with Gasteiger partial charge in [0.1, 0.15) is 5.82 Å². The van der Waals surface area contributed by atoms with Crippen molar-refractivity contribution in [1.82, 2.24) is 19.7 Å². The number of aryl methyl sites for hydroxylation is 1. The van der Waals surface area contributed by atoms with Gasteiger partial charge in [-0.05, 0) is 6.42 Å². The van der Waals surface area contributed by atoms with E-state index in [9.17, 15) is 4.79 Å². The van der Waals surface area contributed by atoms with Crippen LogP contribution in [0.5, 0.6) is 0 Å². The fourth-order valence-electron chi connectivity index (χ4n) is 2.49. The molecule has 6 nitrogen and oxygen atoms in total. The summed E-state index contributed by atoms with van der Waals surface area (Å²) in [5.41, 5.74) is 1.91. The molecule has 0 aliphatic heterocycles. The summed E-state index contributed by atoms with van der Waals surface area (Å²) >= 11 is 2.84. The molecule has 0 unspecified atom stereocenters. The molecule has 2 aromatic heterocycles. The zero-order valence-electron chi connectivity index (χ0n) is 14.8. The third kappa shape index (κ3) is 4.50. The molecule has 0 spiro atoms. The Morgan fingerprint density at radius 1 is 1.23 bits per heavy atom. The Labute approximate surface area is 161 Å². The van der Waals surface area contributed by atoms with Crippen molar-refractivity contribution in [1.29, 1.82) is 0 Å². The normalized spacial score (nSPS) is 10.8. The van der Waals surface area contributed by atoms with E-state index in [4.69, 9.17) is 0 Å². The van der Waals surface area contributed by atoms with Gasteiger partial charge in [0.05, 0.1) is 11.4 Å². The maximum atomic E-state index is 12.3. The molecule has 1 N–H and O–H groups in total. The highest BCUT2D eigenvalue weighted by atomic mass is 32.2. The lowest BCUT2D eigenvalue weighted by Crippen LogP contribution is -2.14. The van der Waals surface area contributed by atoms with E-state index in [0.717, 1.165) is 41.6 Å². The molecular weight excluding hydrogens is 366 g/mol. The summed E-state index contributed by atoms with van der Waals surface area (Å²) in [5.74, 6) is 1.15. The van der Waals surface area contributed by atoms with Crippen molar-refractivity contribution in [3.63, 3.8) is 0 Å². The van der Waals surface area contributed by atoms with E-state index < -0.39 is 0 Å². The molecule has 1 aromatic carbocycles. The molecule has 1 amide bonds. The Morgan fingerprint density at radius 3 is 2.77 bits per heavy atom. The van der Waals surface area contributed by atoms with Crippen LogP contribution in [-0.2, 0) is 17.8 Å². The van der Waals surface area contributed by atoms with Gasteiger partial charge >= 0.3 is 0 Å². The number of benzene rings is 1. The molecule has 0 radical (unpaired) electrons. The molecular formula is C18H21N5OS2. The molecule has 26 heavy (non-hydrogen) atoms. The molecule has 0 saturated carbocycles. The maximum Gasteiger partial charge on any atom is 0.236 e. The molecule has 8 heteroatoms. The standard InChI is InChI=1S/C18H21N5OS2/c1-3-10-23-15(4-2)21-22-18(23)26-12-16(24)20-17-19-14(11-25-17)13-8-6-5-7-9-13/h5-9,11H,3-4,10,12H2,1-2H3,(H,19,20,24). The predicted molar refractivity (Wildman–Crippen MR) is 107 cm³/mol. The largest absolute Gasteiger partial charge is 0.306 e. The molecule has 0 aliphatic rings. The number of thioether (sulfide) groups is 1. The number of aromatic nitrogens is 4. The SMILES string of the molecule is CCCn1c(CC)nnc1SCC(=O)Nc1nc(-c2ccccc2)cs1. The predicted octanol–water partition coefficient (Wildman–Crippen LogP) is 4.10. The second-order valence-corrected chi connectivity index (χ2v) is 7.45. The highest BCUT2D eigenvalue weighted by Crippen LogP contribution is 2.25. The van der Waals surface area contributed by atoms with Crippen molar-refractivity contribution >= 4 is 34.1 Å². The van der Waals surface area contributed by atoms with Gasteiger partial charge in [-0.1, -0.05) is 55.9 Å². The zero-order valence-corrected chi connectivity index (χ0v) is 16.4. The minimum Gasteiger partial charge on any atom is -0.306 e. The molecule has 0 saturated heterocycles. The topological polar surface area (TPSA) is 72.7 Å². The van der Waals surface area contributed by atoms with Crippen LogP contribution in [-0.4, -0.2) is 31.4 Å². The van der Waals surface area contributed by atoms with Gasteiger partial charge in [0, 0.05) is 23.9 Å². The van der Waals surface area contributed by atoms with Crippen LogP contribution in [0.15, 0.2) is 40.9 Å². The summed E-state index contributed by atoms with van der Waals surface area (Å²) in [5, 5.41) is 14.6. The smallest absolute Gasteiger partial charge is 0.236 e. The van der Waals surface area contributed by atoms with Gasteiger partial charge < -0.3 is 9.88 Å². The van der Waals surface area contributed by atoms with Crippen LogP contribution in [0.2, 0.25) is 0 Å². The zero-order chi connectivity index (χ0) is 18.4. The summed E-state index contributed by atoms with van der Waals surface area (Å²) < 4.78 is 2.09. The van der Waals surface area contributed by atoms with Gasteiger partial charge in [-0.25, -0.2) is 4.98 Å². The number of hydrogen-bond donors (Lipinski definition) is 1. The van der Waals surface area contributed by atoms with Crippen molar-refractivity contribution in [3.8, 4) is 11.3 Å². The number of anilines is 1. The summed E-state index contributed by atoms with van der Waals surface area (Å²) in [6, 6.07) is 9.92. The van der Waals surface area contributed by atoms with Gasteiger partial charge in [-0.15, -0.1) is 21.5 Å². The van der Waals surface area contributed by atoms with Crippen molar-refractivity contribution in [2.75, 3.05) is 11.1 Å². The van der Waals surface area contributed by atoms with Gasteiger partial charge in [0.15, 0.2) is 10.3 Å². The van der Waals surface area contributed by atoms with E-state index in [1.54, 1.807) is 0 Å². The van der Waals surface area contributed by atoms with Crippen molar-refractivity contribution in [2.45, 2.75) is 38.4 Å². The van der Waals surface area contributed by atoms with Crippen LogP contribution < -0.4 is 5.32 Å². The van der Waals surface area contributed by atoms with E-state index >= 15 is 0 Å². The van der Waals surface area contributed by atoms with E-state index in [0.29, 0.717) is 5.13 Å². The van der Waals surface area contributed by atoms with Gasteiger partial charge in [0.25, 0.3) is 0 Å².